The van der Waals surface area contributed by atoms with Gasteiger partial charge in [0.2, 0.25) is 0 Å². The van der Waals surface area contributed by atoms with Gasteiger partial charge in [-0.3, -0.25) is 5.32 Å². The minimum absolute atomic E-state index is 0.0787. The van der Waals surface area contributed by atoms with Crippen LogP contribution in [0.4, 0.5) is 0 Å². The fraction of sp³-hybridized carbons (Fsp3) is 0.875. The Labute approximate surface area is 62.2 Å². The van der Waals surface area contributed by atoms with E-state index in [1.165, 1.54) is 6.42 Å². The Morgan fingerprint density at radius 3 is 2.70 bits per heavy atom. The van der Waals surface area contributed by atoms with E-state index in [9.17, 15) is 0 Å². The maximum Gasteiger partial charge on any atom is 0.0952 e. The molecule has 0 aromatic rings. The number of nitriles is 1. The molecule has 3 unspecified atom stereocenters. The zero-order valence-electron chi connectivity index (χ0n) is 6.59. The molecule has 10 heavy (non-hydrogen) atoms. The molecule has 0 aromatic heterocycles. The van der Waals surface area contributed by atoms with Crippen molar-refractivity contribution in [2.75, 3.05) is 0 Å². The average Bonchev–Trinajstić information content (AvgIpc) is 2.62. The minimum atomic E-state index is 0.0787. The van der Waals surface area contributed by atoms with Crippen molar-refractivity contribution >= 4 is 0 Å². The first-order valence-corrected chi connectivity index (χ1v) is 3.93. The van der Waals surface area contributed by atoms with Gasteiger partial charge in [0.05, 0.1) is 12.1 Å². The summed E-state index contributed by atoms with van der Waals surface area (Å²) in [5.74, 6) is 0.794. The maximum absolute atomic E-state index is 8.58. The van der Waals surface area contributed by atoms with Gasteiger partial charge in [0.15, 0.2) is 0 Å². The van der Waals surface area contributed by atoms with Crippen LogP contribution in [0.5, 0.6) is 0 Å². The number of hydrogen-bond donors (Lipinski definition) is 1. The summed E-state index contributed by atoms with van der Waals surface area (Å²) in [6.07, 6.45) is 2.16. The largest absolute Gasteiger partial charge is 0.299 e. The molecule has 0 amide bonds. The summed E-state index contributed by atoms with van der Waals surface area (Å²) in [7, 11) is 0. The van der Waals surface area contributed by atoms with Crippen molar-refractivity contribution in [3.05, 3.63) is 0 Å². The highest BCUT2D eigenvalue weighted by molar-refractivity contribution is 4.98. The van der Waals surface area contributed by atoms with Crippen LogP contribution in [-0.2, 0) is 0 Å². The first-order valence-electron chi connectivity index (χ1n) is 3.93. The Kier molecular flexibility index (Phi) is 2.29. The highest BCUT2D eigenvalue weighted by Crippen LogP contribution is 2.29. The van der Waals surface area contributed by atoms with Gasteiger partial charge in [-0.15, -0.1) is 0 Å². The second-order valence-corrected chi connectivity index (χ2v) is 3.08. The van der Waals surface area contributed by atoms with E-state index in [1.54, 1.807) is 0 Å². The van der Waals surface area contributed by atoms with E-state index in [1.807, 2.05) is 6.92 Å². The van der Waals surface area contributed by atoms with E-state index in [0.717, 1.165) is 12.3 Å². The van der Waals surface area contributed by atoms with Gasteiger partial charge in [-0.1, -0.05) is 13.8 Å². The smallest absolute Gasteiger partial charge is 0.0952 e. The third-order valence-corrected chi connectivity index (χ3v) is 2.09. The topological polar surface area (TPSA) is 35.8 Å². The fourth-order valence-corrected chi connectivity index (χ4v) is 1.06. The lowest BCUT2D eigenvalue weighted by Gasteiger charge is -2.06. The third kappa shape index (κ3) is 1.71. The normalized spacial score (nSPS) is 32.9. The fourth-order valence-electron chi connectivity index (χ4n) is 1.06. The highest BCUT2D eigenvalue weighted by atomic mass is 15.0. The molecule has 0 aliphatic heterocycles. The number of hydrogen-bond acceptors (Lipinski definition) is 2. The van der Waals surface area contributed by atoms with Gasteiger partial charge in [-0.25, -0.2) is 0 Å². The van der Waals surface area contributed by atoms with Crippen molar-refractivity contribution in [2.45, 2.75) is 38.8 Å². The molecule has 0 heterocycles. The Bertz CT molecular complexity index is 148. The van der Waals surface area contributed by atoms with Crippen molar-refractivity contribution in [2.24, 2.45) is 5.92 Å². The van der Waals surface area contributed by atoms with Crippen LogP contribution >= 0.6 is 0 Å². The van der Waals surface area contributed by atoms with Crippen LogP contribution in [-0.4, -0.2) is 12.1 Å². The van der Waals surface area contributed by atoms with Crippen LogP contribution in [0.1, 0.15) is 26.7 Å². The lowest BCUT2D eigenvalue weighted by atomic mass is 10.2. The second kappa shape index (κ2) is 3.03. The maximum atomic E-state index is 8.58. The molecular weight excluding hydrogens is 124 g/mol. The summed E-state index contributed by atoms with van der Waals surface area (Å²) in [5, 5.41) is 11.9. The molecule has 2 nitrogen and oxygen atoms in total. The van der Waals surface area contributed by atoms with Crippen molar-refractivity contribution in [3.63, 3.8) is 0 Å². The Hall–Kier alpha value is -0.550. The highest BCUT2D eigenvalue weighted by Gasteiger charge is 2.33. The molecule has 1 fully saturated rings. The van der Waals surface area contributed by atoms with Gasteiger partial charge >= 0.3 is 0 Å². The molecule has 1 aliphatic rings. The van der Waals surface area contributed by atoms with Gasteiger partial charge in [-0.2, -0.15) is 5.26 Å². The molecule has 56 valence electrons. The van der Waals surface area contributed by atoms with Crippen LogP contribution < -0.4 is 5.32 Å². The van der Waals surface area contributed by atoms with Crippen LogP contribution in [0.2, 0.25) is 0 Å². The van der Waals surface area contributed by atoms with Gasteiger partial charge in [0.1, 0.15) is 0 Å². The van der Waals surface area contributed by atoms with E-state index < -0.39 is 0 Å². The number of nitrogens with one attached hydrogen (secondary N) is 1. The summed E-state index contributed by atoms with van der Waals surface area (Å²) in [6, 6.07) is 2.94. The molecule has 0 radical (unpaired) electrons. The molecule has 1 aliphatic carbocycles. The predicted molar refractivity (Wildman–Crippen MR) is 40.4 cm³/mol. The molecule has 2 heteroatoms. The molecule has 1 saturated carbocycles. The Balaban J connectivity index is 2.18. The third-order valence-electron chi connectivity index (χ3n) is 2.09. The SMILES string of the molecule is CCC(C#N)NC1CC1C. The lowest BCUT2D eigenvalue weighted by Crippen LogP contribution is -2.29. The van der Waals surface area contributed by atoms with Gasteiger partial charge in [-0.05, 0) is 18.8 Å². The molecule has 0 spiro atoms. The van der Waals surface area contributed by atoms with Gasteiger partial charge < -0.3 is 0 Å². The molecule has 0 aromatic carbocycles. The summed E-state index contributed by atoms with van der Waals surface area (Å²) < 4.78 is 0. The summed E-state index contributed by atoms with van der Waals surface area (Å²) >= 11 is 0. The zero-order chi connectivity index (χ0) is 7.56. The Morgan fingerprint density at radius 1 is 1.80 bits per heavy atom. The van der Waals surface area contributed by atoms with Crippen LogP contribution in [0.15, 0.2) is 0 Å². The number of rotatable bonds is 3. The first kappa shape index (κ1) is 7.56. The van der Waals surface area contributed by atoms with E-state index in [4.69, 9.17) is 5.26 Å². The summed E-state index contributed by atoms with van der Waals surface area (Å²) in [6.45, 7) is 4.25. The van der Waals surface area contributed by atoms with Crippen LogP contribution in [0, 0.1) is 17.2 Å². The zero-order valence-corrected chi connectivity index (χ0v) is 6.59. The summed E-state index contributed by atoms with van der Waals surface area (Å²) in [4.78, 5) is 0. The van der Waals surface area contributed by atoms with Crippen molar-refractivity contribution < 1.29 is 0 Å². The van der Waals surface area contributed by atoms with Crippen molar-refractivity contribution in [1.29, 1.82) is 5.26 Å². The van der Waals surface area contributed by atoms with E-state index in [0.29, 0.717) is 6.04 Å². The van der Waals surface area contributed by atoms with Gasteiger partial charge in [0.25, 0.3) is 0 Å². The predicted octanol–water partition coefficient (Wildman–Crippen LogP) is 1.29. The van der Waals surface area contributed by atoms with Crippen molar-refractivity contribution in [1.82, 2.24) is 5.32 Å². The van der Waals surface area contributed by atoms with Crippen LogP contribution in [0.3, 0.4) is 0 Å². The first-order chi connectivity index (χ1) is 4.77. The second-order valence-electron chi connectivity index (χ2n) is 3.08. The molecule has 3 atom stereocenters. The summed E-state index contributed by atoms with van der Waals surface area (Å²) in [5.41, 5.74) is 0. The van der Waals surface area contributed by atoms with Crippen molar-refractivity contribution in [3.8, 4) is 6.07 Å². The Morgan fingerprint density at radius 2 is 2.40 bits per heavy atom. The molecular formula is C8H14N2. The van der Waals surface area contributed by atoms with E-state index >= 15 is 0 Å². The average molecular weight is 138 g/mol. The number of nitrogens with zero attached hydrogens (tertiary/aromatic N) is 1. The quantitative estimate of drug-likeness (QED) is 0.637. The lowest BCUT2D eigenvalue weighted by molar-refractivity contribution is 0.565. The standard InChI is InChI=1S/C8H14N2/c1-3-7(5-9)10-8-4-6(8)2/h6-8,10H,3-4H2,1-2H3. The van der Waals surface area contributed by atoms with E-state index in [-0.39, 0.29) is 6.04 Å². The molecule has 1 N–H and O–H groups in total. The van der Waals surface area contributed by atoms with Gasteiger partial charge in [0, 0.05) is 6.04 Å². The van der Waals surface area contributed by atoms with E-state index in [2.05, 4.69) is 18.3 Å². The molecule has 0 saturated heterocycles. The molecule has 0 bridgehead atoms. The monoisotopic (exact) mass is 138 g/mol. The minimum Gasteiger partial charge on any atom is -0.299 e. The van der Waals surface area contributed by atoms with Crippen LogP contribution in [0.25, 0.3) is 0 Å². The molecule has 1 rings (SSSR count).